The van der Waals surface area contributed by atoms with Gasteiger partial charge in [-0.05, 0) is 81.4 Å². The topological polar surface area (TPSA) is 44.3 Å². The van der Waals surface area contributed by atoms with E-state index in [9.17, 15) is 17.6 Å². The van der Waals surface area contributed by atoms with E-state index >= 15 is 0 Å². The Morgan fingerprint density at radius 2 is 1.84 bits per heavy atom. The smallest absolute Gasteiger partial charge is 0.354 e. The standard InChI is InChI=1S/C23H29F4N5/c1-16-3-2-9-32(16)22-14-18(17-5-10-31(11-6-17)12-7-24)13-21(30-22)29-20-15-19(4-8-28-20)23(25,26)27/h4,8,13-17H,2-3,5-7,9-12H2,1H3,(H,28,29,30)/t16-/m1/s1. The lowest BCUT2D eigenvalue weighted by molar-refractivity contribution is -0.137. The van der Waals surface area contributed by atoms with Crippen LogP contribution in [0.4, 0.5) is 35.0 Å². The van der Waals surface area contributed by atoms with Gasteiger partial charge in [0.05, 0.1) is 5.56 Å². The third-order valence-electron chi connectivity index (χ3n) is 6.48. The van der Waals surface area contributed by atoms with Crippen LogP contribution in [0.1, 0.15) is 49.7 Å². The molecular formula is C23H29F4N5. The second-order valence-electron chi connectivity index (χ2n) is 8.69. The molecule has 0 spiro atoms. The van der Waals surface area contributed by atoms with Crippen LogP contribution in [0.15, 0.2) is 30.5 Å². The summed E-state index contributed by atoms with van der Waals surface area (Å²) in [6, 6.07) is 6.35. The third kappa shape index (κ3) is 5.31. The van der Waals surface area contributed by atoms with Crippen molar-refractivity contribution in [3.8, 4) is 0 Å². The van der Waals surface area contributed by atoms with Crippen LogP contribution < -0.4 is 10.2 Å². The van der Waals surface area contributed by atoms with Crippen LogP contribution in [0.5, 0.6) is 0 Å². The van der Waals surface area contributed by atoms with Crippen molar-refractivity contribution in [2.24, 2.45) is 0 Å². The van der Waals surface area contributed by atoms with Crippen molar-refractivity contribution >= 4 is 17.5 Å². The number of anilines is 3. The number of halogens is 4. The molecule has 0 aromatic carbocycles. The molecule has 9 heteroatoms. The van der Waals surface area contributed by atoms with Crippen LogP contribution in [0.25, 0.3) is 0 Å². The second kappa shape index (κ2) is 9.60. The lowest BCUT2D eigenvalue weighted by Crippen LogP contribution is -2.34. The van der Waals surface area contributed by atoms with Crippen molar-refractivity contribution in [3.05, 3.63) is 41.6 Å². The van der Waals surface area contributed by atoms with Gasteiger partial charge < -0.3 is 15.1 Å². The number of aromatic nitrogens is 2. The molecule has 32 heavy (non-hydrogen) atoms. The Bertz CT molecular complexity index is 912. The molecular weight excluding hydrogens is 422 g/mol. The summed E-state index contributed by atoms with van der Waals surface area (Å²) in [4.78, 5) is 13.2. The van der Waals surface area contributed by atoms with Crippen LogP contribution in [0, 0.1) is 0 Å². The predicted molar refractivity (Wildman–Crippen MR) is 117 cm³/mol. The minimum absolute atomic E-state index is 0.114. The monoisotopic (exact) mass is 451 g/mol. The van der Waals surface area contributed by atoms with Gasteiger partial charge in [0.1, 0.15) is 24.1 Å². The zero-order valence-electron chi connectivity index (χ0n) is 18.2. The summed E-state index contributed by atoms with van der Waals surface area (Å²) in [5.74, 6) is 1.76. The molecule has 2 aliphatic rings. The van der Waals surface area contributed by atoms with Gasteiger partial charge in [0, 0.05) is 25.3 Å². The highest BCUT2D eigenvalue weighted by molar-refractivity contribution is 5.59. The Morgan fingerprint density at radius 1 is 1.06 bits per heavy atom. The highest BCUT2D eigenvalue weighted by Crippen LogP contribution is 2.35. The molecule has 0 bridgehead atoms. The summed E-state index contributed by atoms with van der Waals surface area (Å²) in [5, 5.41) is 2.99. The quantitative estimate of drug-likeness (QED) is 0.598. The molecule has 5 nitrogen and oxygen atoms in total. The van der Waals surface area contributed by atoms with E-state index in [-0.39, 0.29) is 12.5 Å². The normalized spacial score (nSPS) is 20.7. The molecule has 0 unspecified atom stereocenters. The van der Waals surface area contributed by atoms with Crippen molar-refractivity contribution in [3.63, 3.8) is 0 Å². The first-order valence-corrected chi connectivity index (χ1v) is 11.2. The number of nitrogens with one attached hydrogen (secondary N) is 1. The van der Waals surface area contributed by atoms with Crippen LogP contribution >= 0.6 is 0 Å². The Balaban J connectivity index is 1.61. The molecule has 174 valence electrons. The van der Waals surface area contributed by atoms with Crippen LogP contribution in [-0.2, 0) is 6.18 Å². The SMILES string of the molecule is C[C@@H]1CCCN1c1cc(C2CCN(CCF)CC2)cc(Nc2cc(C(F)(F)F)ccn2)n1. The summed E-state index contributed by atoms with van der Waals surface area (Å²) >= 11 is 0. The average Bonchev–Trinajstić information content (AvgIpc) is 3.20. The largest absolute Gasteiger partial charge is 0.416 e. The maximum absolute atomic E-state index is 13.1. The van der Waals surface area contributed by atoms with Gasteiger partial charge >= 0.3 is 6.18 Å². The van der Waals surface area contributed by atoms with E-state index in [0.717, 1.165) is 75.0 Å². The summed E-state index contributed by atoms with van der Waals surface area (Å²) < 4.78 is 52.0. The zero-order chi connectivity index (χ0) is 22.7. The molecule has 4 heterocycles. The number of likely N-dealkylation sites (tertiary alicyclic amines) is 1. The summed E-state index contributed by atoms with van der Waals surface area (Å²) in [5.41, 5.74) is 0.364. The molecule has 2 aromatic rings. The van der Waals surface area contributed by atoms with E-state index in [4.69, 9.17) is 4.98 Å². The maximum Gasteiger partial charge on any atom is 0.416 e. The van der Waals surface area contributed by atoms with E-state index in [0.29, 0.717) is 24.3 Å². The van der Waals surface area contributed by atoms with Gasteiger partial charge in [-0.15, -0.1) is 0 Å². The number of piperidine rings is 1. The molecule has 2 aliphatic heterocycles. The fourth-order valence-electron chi connectivity index (χ4n) is 4.67. The van der Waals surface area contributed by atoms with Gasteiger partial charge in [-0.2, -0.15) is 13.2 Å². The number of hydrogen-bond donors (Lipinski definition) is 1. The van der Waals surface area contributed by atoms with Gasteiger partial charge in [0.15, 0.2) is 0 Å². The molecule has 2 saturated heterocycles. The molecule has 0 aliphatic carbocycles. The van der Waals surface area contributed by atoms with Crippen LogP contribution in [0.2, 0.25) is 0 Å². The molecule has 0 radical (unpaired) electrons. The first kappa shape index (κ1) is 22.8. The van der Waals surface area contributed by atoms with Gasteiger partial charge in [-0.1, -0.05) is 0 Å². The number of nitrogens with zero attached hydrogens (tertiary/aromatic N) is 4. The molecule has 0 saturated carbocycles. The van der Waals surface area contributed by atoms with Gasteiger partial charge in [0.25, 0.3) is 0 Å². The minimum atomic E-state index is -4.43. The number of alkyl halides is 4. The van der Waals surface area contributed by atoms with Crippen molar-refractivity contribution in [1.29, 1.82) is 0 Å². The number of rotatable bonds is 6. The fourth-order valence-corrected chi connectivity index (χ4v) is 4.67. The van der Waals surface area contributed by atoms with E-state index in [1.165, 1.54) is 0 Å². The van der Waals surface area contributed by atoms with E-state index in [1.54, 1.807) is 0 Å². The van der Waals surface area contributed by atoms with Crippen molar-refractivity contribution in [2.45, 2.75) is 50.7 Å². The molecule has 1 N–H and O–H groups in total. The van der Waals surface area contributed by atoms with Gasteiger partial charge in [-0.3, -0.25) is 0 Å². The van der Waals surface area contributed by atoms with Crippen LogP contribution in [-0.4, -0.2) is 53.8 Å². The Labute approximate surface area is 185 Å². The third-order valence-corrected chi connectivity index (χ3v) is 6.48. The lowest BCUT2D eigenvalue weighted by atomic mass is 9.89. The molecule has 2 aromatic heterocycles. The Morgan fingerprint density at radius 3 is 2.50 bits per heavy atom. The van der Waals surface area contributed by atoms with Gasteiger partial charge in [0.2, 0.25) is 0 Å². The maximum atomic E-state index is 13.1. The van der Waals surface area contributed by atoms with E-state index in [1.807, 2.05) is 6.07 Å². The molecule has 0 amide bonds. The van der Waals surface area contributed by atoms with Crippen molar-refractivity contribution in [2.75, 3.05) is 43.1 Å². The summed E-state index contributed by atoms with van der Waals surface area (Å²) in [6.07, 6.45) is 0.732. The van der Waals surface area contributed by atoms with E-state index < -0.39 is 11.7 Å². The van der Waals surface area contributed by atoms with Crippen molar-refractivity contribution < 1.29 is 17.6 Å². The molecule has 4 rings (SSSR count). The highest BCUT2D eigenvalue weighted by Gasteiger charge is 2.31. The van der Waals surface area contributed by atoms with Gasteiger partial charge in [-0.25, -0.2) is 14.4 Å². The zero-order valence-corrected chi connectivity index (χ0v) is 18.2. The highest BCUT2D eigenvalue weighted by atomic mass is 19.4. The molecule has 2 fully saturated rings. The fraction of sp³-hybridized carbons (Fsp3) is 0.565. The lowest BCUT2D eigenvalue weighted by Gasteiger charge is -2.32. The Kier molecular flexibility index (Phi) is 6.83. The summed E-state index contributed by atoms with van der Waals surface area (Å²) in [7, 11) is 0. The Hall–Kier alpha value is -2.42. The average molecular weight is 452 g/mol. The first-order valence-electron chi connectivity index (χ1n) is 11.2. The predicted octanol–water partition coefficient (Wildman–Crippen LogP) is 5.38. The summed E-state index contributed by atoms with van der Waals surface area (Å²) in [6.45, 7) is 4.88. The molecule has 1 atom stereocenters. The van der Waals surface area contributed by atoms with E-state index in [2.05, 4.69) is 33.1 Å². The second-order valence-corrected chi connectivity index (χ2v) is 8.69. The number of hydrogen-bond acceptors (Lipinski definition) is 5. The van der Waals surface area contributed by atoms with Crippen molar-refractivity contribution in [1.82, 2.24) is 14.9 Å². The minimum Gasteiger partial charge on any atom is -0.354 e. The van der Waals surface area contributed by atoms with Crippen LogP contribution in [0.3, 0.4) is 0 Å². The number of pyridine rings is 2. The first-order chi connectivity index (χ1) is 15.3.